The second kappa shape index (κ2) is 5.54. The second-order valence-corrected chi connectivity index (χ2v) is 4.04. The number of benzene rings is 1. The molecule has 0 saturated carbocycles. The van der Waals surface area contributed by atoms with Gasteiger partial charge in [-0.1, -0.05) is 12.1 Å². The van der Waals surface area contributed by atoms with Gasteiger partial charge in [0, 0.05) is 6.54 Å². The number of nitrogens with one attached hydrogen (secondary N) is 1. The lowest BCUT2D eigenvalue weighted by atomic mass is 10.2. The molecule has 0 amide bonds. The Morgan fingerprint density at radius 2 is 2.00 bits per heavy atom. The third kappa shape index (κ3) is 3.35. The van der Waals surface area contributed by atoms with Crippen molar-refractivity contribution in [1.82, 2.24) is 15.2 Å². The van der Waals surface area contributed by atoms with Crippen molar-refractivity contribution in [2.75, 3.05) is 11.9 Å². The lowest BCUT2D eigenvalue weighted by Gasteiger charge is -2.06. The van der Waals surface area contributed by atoms with Gasteiger partial charge in [0.25, 0.3) is 0 Å². The number of hydrogen-bond donors (Lipinski definition) is 2. The van der Waals surface area contributed by atoms with E-state index in [4.69, 9.17) is 5.11 Å². The minimum atomic E-state index is -0.257. The molecule has 0 aliphatic heterocycles. The van der Waals surface area contributed by atoms with Crippen molar-refractivity contribution in [2.24, 2.45) is 0 Å². The van der Waals surface area contributed by atoms with Crippen molar-refractivity contribution in [1.29, 1.82) is 0 Å². The monoisotopic (exact) mass is 232 g/mol. The van der Waals surface area contributed by atoms with E-state index in [1.165, 1.54) is 0 Å². The smallest absolute Gasteiger partial charge is 0.243 e. The molecule has 2 rings (SSSR count). The van der Waals surface area contributed by atoms with Crippen LogP contribution in [0.3, 0.4) is 0 Å². The summed E-state index contributed by atoms with van der Waals surface area (Å²) in [5.74, 6) is 0.536. The van der Waals surface area contributed by atoms with Gasteiger partial charge in [0.1, 0.15) is 5.52 Å². The number of para-hydroxylation sites is 1. The Bertz CT molecular complexity index is 487. The summed E-state index contributed by atoms with van der Waals surface area (Å²) >= 11 is 0. The van der Waals surface area contributed by atoms with Gasteiger partial charge in [-0.15, -0.1) is 10.2 Å². The van der Waals surface area contributed by atoms with E-state index in [2.05, 4.69) is 20.5 Å². The normalized spacial score (nSPS) is 12.6. The Hall–Kier alpha value is -1.75. The average molecular weight is 232 g/mol. The maximum atomic E-state index is 9.12. The van der Waals surface area contributed by atoms with E-state index in [1.54, 1.807) is 6.92 Å². The van der Waals surface area contributed by atoms with Crippen molar-refractivity contribution in [2.45, 2.75) is 25.9 Å². The van der Waals surface area contributed by atoms with Crippen LogP contribution < -0.4 is 5.32 Å². The van der Waals surface area contributed by atoms with Gasteiger partial charge in [-0.25, -0.2) is 4.98 Å². The standard InChI is InChI=1S/C12H16N4O/c1-9(17)5-4-8-13-12-14-10-6-2-3-7-11(10)15-16-12/h2-3,6-7,9,17H,4-5,8H2,1H3,(H,13,14,16). The first kappa shape index (κ1) is 11.7. The van der Waals surface area contributed by atoms with Crippen molar-refractivity contribution < 1.29 is 5.11 Å². The highest BCUT2D eigenvalue weighted by Gasteiger charge is 2.00. The van der Waals surface area contributed by atoms with Gasteiger partial charge in [-0.05, 0) is 31.9 Å². The molecule has 0 bridgehead atoms. The number of rotatable bonds is 5. The van der Waals surface area contributed by atoms with Gasteiger partial charge in [-0.3, -0.25) is 0 Å². The number of fused-ring (bicyclic) bond motifs is 1. The molecule has 1 aromatic carbocycles. The van der Waals surface area contributed by atoms with E-state index in [-0.39, 0.29) is 6.10 Å². The van der Waals surface area contributed by atoms with Gasteiger partial charge in [0.05, 0.1) is 11.6 Å². The molecule has 1 heterocycles. The third-order valence-electron chi connectivity index (χ3n) is 2.44. The zero-order chi connectivity index (χ0) is 12.1. The number of nitrogens with zero attached hydrogens (tertiary/aromatic N) is 3. The van der Waals surface area contributed by atoms with E-state index in [0.29, 0.717) is 5.95 Å². The highest BCUT2D eigenvalue weighted by molar-refractivity contribution is 5.73. The van der Waals surface area contributed by atoms with Gasteiger partial charge < -0.3 is 10.4 Å². The number of aromatic nitrogens is 3. The molecule has 0 fully saturated rings. The van der Waals surface area contributed by atoms with Crippen LogP contribution in [0.2, 0.25) is 0 Å². The predicted octanol–water partition coefficient (Wildman–Crippen LogP) is 1.60. The molecule has 0 saturated heterocycles. The molecular formula is C12H16N4O. The van der Waals surface area contributed by atoms with E-state index < -0.39 is 0 Å². The van der Waals surface area contributed by atoms with Crippen molar-refractivity contribution in [3.05, 3.63) is 24.3 Å². The molecule has 2 aromatic rings. The lowest BCUT2D eigenvalue weighted by Crippen LogP contribution is -2.09. The van der Waals surface area contributed by atoms with Gasteiger partial charge in [0.2, 0.25) is 5.95 Å². The molecule has 1 aromatic heterocycles. The maximum Gasteiger partial charge on any atom is 0.243 e. The average Bonchev–Trinajstić information content (AvgIpc) is 2.34. The Morgan fingerprint density at radius 1 is 1.24 bits per heavy atom. The van der Waals surface area contributed by atoms with Gasteiger partial charge in [0.15, 0.2) is 0 Å². The summed E-state index contributed by atoms with van der Waals surface area (Å²) in [6, 6.07) is 7.63. The van der Waals surface area contributed by atoms with Crippen LogP contribution in [-0.2, 0) is 0 Å². The Kier molecular flexibility index (Phi) is 3.82. The second-order valence-electron chi connectivity index (χ2n) is 4.04. The number of hydrogen-bond acceptors (Lipinski definition) is 5. The third-order valence-corrected chi connectivity index (χ3v) is 2.44. The van der Waals surface area contributed by atoms with Crippen LogP contribution in [0.1, 0.15) is 19.8 Å². The van der Waals surface area contributed by atoms with Crippen LogP contribution in [0, 0.1) is 0 Å². The van der Waals surface area contributed by atoms with Crippen LogP contribution in [0.4, 0.5) is 5.95 Å². The highest BCUT2D eigenvalue weighted by Crippen LogP contribution is 2.08. The van der Waals surface area contributed by atoms with Crippen LogP contribution in [0.15, 0.2) is 24.3 Å². The van der Waals surface area contributed by atoms with Crippen LogP contribution in [0.25, 0.3) is 11.0 Å². The first-order valence-electron chi connectivity index (χ1n) is 5.77. The molecule has 1 atom stereocenters. The summed E-state index contributed by atoms with van der Waals surface area (Å²) in [6.07, 6.45) is 1.40. The first-order valence-corrected chi connectivity index (χ1v) is 5.77. The van der Waals surface area contributed by atoms with E-state index in [9.17, 15) is 0 Å². The molecule has 0 aliphatic rings. The van der Waals surface area contributed by atoms with Crippen molar-refractivity contribution in [3.63, 3.8) is 0 Å². The molecule has 1 unspecified atom stereocenters. The largest absolute Gasteiger partial charge is 0.393 e. The zero-order valence-electron chi connectivity index (χ0n) is 9.80. The Labute approximate surface area is 99.9 Å². The molecule has 2 N–H and O–H groups in total. The molecule has 0 radical (unpaired) electrons. The van der Waals surface area contributed by atoms with Crippen LogP contribution in [0.5, 0.6) is 0 Å². The SMILES string of the molecule is CC(O)CCCNc1nnc2ccccc2n1. The fourth-order valence-electron chi connectivity index (χ4n) is 1.55. The zero-order valence-corrected chi connectivity index (χ0v) is 9.80. The summed E-state index contributed by atoms with van der Waals surface area (Å²) in [5.41, 5.74) is 1.63. The van der Waals surface area contributed by atoms with Crippen molar-refractivity contribution in [3.8, 4) is 0 Å². The van der Waals surface area contributed by atoms with Gasteiger partial charge in [-0.2, -0.15) is 0 Å². The quantitative estimate of drug-likeness (QED) is 0.766. The Balaban J connectivity index is 1.95. The number of aliphatic hydroxyl groups is 1. The molecular weight excluding hydrogens is 216 g/mol. The molecule has 0 spiro atoms. The molecule has 90 valence electrons. The summed E-state index contributed by atoms with van der Waals surface area (Å²) in [4.78, 5) is 4.34. The molecule has 5 heteroatoms. The predicted molar refractivity (Wildman–Crippen MR) is 66.7 cm³/mol. The van der Waals surface area contributed by atoms with Crippen LogP contribution in [-0.4, -0.2) is 32.9 Å². The summed E-state index contributed by atoms with van der Waals surface area (Å²) in [5, 5.41) is 20.3. The maximum absolute atomic E-state index is 9.12. The number of anilines is 1. The minimum Gasteiger partial charge on any atom is -0.393 e. The molecule has 5 nitrogen and oxygen atoms in total. The fourth-order valence-corrected chi connectivity index (χ4v) is 1.55. The van der Waals surface area contributed by atoms with E-state index in [1.807, 2.05) is 24.3 Å². The minimum absolute atomic E-state index is 0.257. The first-order chi connectivity index (χ1) is 8.25. The molecule has 17 heavy (non-hydrogen) atoms. The van der Waals surface area contributed by atoms with Gasteiger partial charge >= 0.3 is 0 Å². The van der Waals surface area contributed by atoms with E-state index >= 15 is 0 Å². The van der Waals surface area contributed by atoms with Crippen LogP contribution >= 0.6 is 0 Å². The summed E-state index contributed by atoms with van der Waals surface area (Å²) in [6.45, 7) is 2.53. The Morgan fingerprint density at radius 3 is 2.76 bits per heavy atom. The van der Waals surface area contributed by atoms with E-state index in [0.717, 1.165) is 30.4 Å². The molecule has 0 aliphatic carbocycles. The van der Waals surface area contributed by atoms with Crippen molar-refractivity contribution >= 4 is 17.0 Å². The fraction of sp³-hybridized carbons (Fsp3) is 0.417. The summed E-state index contributed by atoms with van der Waals surface area (Å²) in [7, 11) is 0. The lowest BCUT2D eigenvalue weighted by molar-refractivity contribution is 0.183. The number of aliphatic hydroxyl groups excluding tert-OH is 1. The topological polar surface area (TPSA) is 70.9 Å². The summed E-state index contributed by atoms with van der Waals surface area (Å²) < 4.78 is 0. The highest BCUT2D eigenvalue weighted by atomic mass is 16.3.